The van der Waals surface area contributed by atoms with E-state index in [9.17, 15) is 0 Å². The van der Waals surface area contributed by atoms with Crippen LogP contribution in [0.2, 0.25) is 0 Å². The number of aromatic nitrogens is 1. The lowest BCUT2D eigenvalue weighted by atomic mass is 9.72. The lowest BCUT2D eigenvalue weighted by molar-refractivity contribution is 0.00521. The molecule has 0 spiro atoms. The number of fused-ring (bicyclic) bond motifs is 1. The molecule has 0 bridgehead atoms. The quantitative estimate of drug-likeness (QED) is 0.846. The van der Waals surface area contributed by atoms with Crippen LogP contribution in [0.25, 0.3) is 0 Å². The molecular formula is C11H13Br2N3O. The zero-order valence-electron chi connectivity index (χ0n) is 9.07. The summed E-state index contributed by atoms with van der Waals surface area (Å²) in [4.78, 5) is 4.33. The van der Waals surface area contributed by atoms with Gasteiger partial charge in [0.2, 0.25) is 0 Å². The number of halogens is 2. The first-order valence-electron chi connectivity index (χ1n) is 5.61. The molecular weight excluding hydrogens is 350 g/mol. The Morgan fingerprint density at radius 1 is 1.47 bits per heavy atom. The van der Waals surface area contributed by atoms with Crippen LogP contribution in [0.4, 0.5) is 5.82 Å². The van der Waals surface area contributed by atoms with Crippen LogP contribution in [0.15, 0.2) is 21.2 Å². The zero-order chi connectivity index (χ0) is 12.0. The highest BCUT2D eigenvalue weighted by atomic mass is 79.9. The average molecular weight is 363 g/mol. The molecule has 3 rings (SSSR count). The lowest BCUT2D eigenvalue weighted by Gasteiger charge is -2.45. The predicted octanol–water partition coefficient (Wildman–Crippen LogP) is 2.13. The predicted molar refractivity (Wildman–Crippen MR) is 72.9 cm³/mol. The molecule has 4 nitrogen and oxygen atoms in total. The van der Waals surface area contributed by atoms with Crippen molar-refractivity contribution in [3.8, 4) is 0 Å². The molecule has 1 aliphatic heterocycles. The standard InChI is InChI=1S/C11H13Br2N3O/c12-5-3-7(13)11(15-4-5)16-9-8(14)6-1-2-17-10(6)9/h3-4,6,8-10H,1-2,14H2,(H,15,16). The minimum Gasteiger partial charge on any atom is -0.376 e. The summed E-state index contributed by atoms with van der Waals surface area (Å²) in [6.07, 6.45) is 3.10. The van der Waals surface area contributed by atoms with Crippen LogP contribution in [-0.4, -0.2) is 29.8 Å². The fourth-order valence-electron chi connectivity index (χ4n) is 2.61. The fourth-order valence-corrected chi connectivity index (χ4v) is 3.71. The van der Waals surface area contributed by atoms with Crippen molar-refractivity contribution in [2.24, 2.45) is 11.7 Å². The Morgan fingerprint density at radius 2 is 2.29 bits per heavy atom. The second-order valence-electron chi connectivity index (χ2n) is 4.52. The molecule has 2 aliphatic rings. The highest BCUT2D eigenvalue weighted by Crippen LogP contribution is 2.39. The van der Waals surface area contributed by atoms with E-state index in [0.717, 1.165) is 27.8 Å². The van der Waals surface area contributed by atoms with E-state index in [0.29, 0.717) is 5.92 Å². The number of rotatable bonds is 2. The van der Waals surface area contributed by atoms with Crippen molar-refractivity contribution in [2.45, 2.75) is 24.6 Å². The van der Waals surface area contributed by atoms with Gasteiger partial charge in [-0.3, -0.25) is 0 Å². The highest BCUT2D eigenvalue weighted by molar-refractivity contribution is 9.11. The van der Waals surface area contributed by atoms with Crippen LogP contribution in [0.3, 0.4) is 0 Å². The molecule has 1 aromatic rings. The van der Waals surface area contributed by atoms with Gasteiger partial charge in [0.05, 0.1) is 16.6 Å². The van der Waals surface area contributed by atoms with E-state index >= 15 is 0 Å². The van der Waals surface area contributed by atoms with Gasteiger partial charge in [-0.05, 0) is 44.3 Å². The average Bonchev–Trinajstić information content (AvgIpc) is 2.72. The van der Waals surface area contributed by atoms with Gasteiger partial charge >= 0.3 is 0 Å². The van der Waals surface area contributed by atoms with E-state index < -0.39 is 0 Å². The molecule has 1 saturated heterocycles. The van der Waals surface area contributed by atoms with Gasteiger partial charge in [0, 0.05) is 29.2 Å². The smallest absolute Gasteiger partial charge is 0.140 e. The first-order chi connectivity index (χ1) is 8.16. The van der Waals surface area contributed by atoms with Crippen molar-refractivity contribution in [1.82, 2.24) is 4.98 Å². The number of nitrogens with one attached hydrogen (secondary N) is 1. The molecule has 2 fully saturated rings. The van der Waals surface area contributed by atoms with Crippen molar-refractivity contribution in [3.05, 3.63) is 21.2 Å². The molecule has 4 atom stereocenters. The Labute approximate surface area is 117 Å². The molecule has 0 aromatic carbocycles. The van der Waals surface area contributed by atoms with Crippen LogP contribution in [-0.2, 0) is 4.74 Å². The minimum absolute atomic E-state index is 0.167. The minimum atomic E-state index is 0.167. The largest absolute Gasteiger partial charge is 0.376 e. The summed E-state index contributed by atoms with van der Waals surface area (Å²) in [5.41, 5.74) is 6.14. The molecule has 92 valence electrons. The van der Waals surface area contributed by atoms with Crippen LogP contribution in [0.1, 0.15) is 6.42 Å². The van der Waals surface area contributed by atoms with Gasteiger partial charge in [-0.1, -0.05) is 0 Å². The number of hydrogen-bond acceptors (Lipinski definition) is 4. The summed E-state index contributed by atoms with van der Waals surface area (Å²) < 4.78 is 7.55. The number of hydrogen-bond donors (Lipinski definition) is 2. The van der Waals surface area contributed by atoms with Crippen molar-refractivity contribution >= 4 is 37.7 Å². The number of pyridine rings is 1. The summed E-state index contributed by atoms with van der Waals surface area (Å²) in [7, 11) is 0. The Morgan fingerprint density at radius 3 is 3.06 bits per heavy atom. The third-order valence-electron chi connectivity index (χ3n) is 3.56. The van der Waals surface area contributed by atoms with E-state index in [4.69, 9.17) is 10.5 Å². The number of nitrogens with two attached hydrogens (primary N) is 1. The Bertz CT molecular complexity index is 443. The number of anilines is 1. The van der Waals surface area contributed by atoms with Crippen LogP contribution < -0.4 is 11.1 Å². The van der Waals surface area contributed by atoms with Crippen LogP contribution >= 0.6 is 31.9 Å². The topological polar surface area (TPSA) is 60.2 Å². The molecule has 1 aliphatic carbocycles. The molecule has 4 unspecified atom stereocenters. The van der Waals surface area contributed by atoms with E-state index in [1.54, 1.807) is 6.20 Å². The summed E-state index contributed by atoms with van der Waals surface area (Å²) in [6.45, 7) is 0.830. The number of nitrogens with zero attached hydrogens (tertiary/aromatic N) is 1. The molecule has 2 heterocycles. The van der Waals surface area contributed by atoms with Gasteiger partial charge in [-0.25, -0.2) is 4.98 Å². The van der Waals surface area contributed by atoms with Crippen molar-refractivity contribution in [3.63, 3.8) is 0 Å². The van der Waals surface area contributed by atoms with Gasteiger partial charge in [0.15, 0.2) is 0 Å². The van der Waals surface area contributed by atoms with E-state index in [1.807, 2.05) is 6.07 Å². The molecule has 17 heavy (non-hydrogen) atoms. The summed E-state index contributed by atoms with van der Waals surface area (Å²) >= 11 is 6.87. The van der Waals surface area contributed by atoms with Crippen molar-refractivity contribution < 1.29 is 4.74 Å². The lowest BCUT2D eigenvalue weighted by Crippen LogP contribution is -2.65. The van der Waals surface area contributed by atoms with E-state index in [-0.39, 0.29) is 18.2 Å². The maximum atomic E-state index is 6.14. The summed E-state index contributed by atoms with van der Waals surface area (Å²) in [5.74, 6) is 1.34. The summed E-state index contributed by atoms with van der Waals surface area (Å²) in [6, 6.07) is 2.30. The van der Waals surface area contributed by atoms with Crippen molar-refractivity contribution in [2.75, 3.05) is 11.9 Å². The monoisotopic (exact) mass is 361 g/mol. The highest BCUT2D eigenvalue weighted by Gasteiger charge is 2.52. The maximum Gasteiger partial charge on any atom is 0.140 e. The van der Waals surface area contributed by atoms with E-state index in [2.05, 4.69) is 42.2 Å². The molecule has 3 N–H and O–H groups in total. The number of ether oxygens (including phenoxy) is 1. The van der Waals surface area contributed by atoms with Crippen molar-refractivity contribution in [1.29, 1.82) is 0 Å². The molecule has 1 saturated carbocycles. The maximum absolute atomic E-state index is 6.14. The SMILES string of the molecule is NC1C2CCOC2C1Nc1ncc(Br)cc1Br. The van der Waals surface area contributed by atoms with Gasteiger partial charge in [-0.2, -0.15) is 0 Å². The van der Waals surface area contributed by atoms with Gasteiger partial charge in [0.1, 0.15) is 5.82 Å². The molecule has 0 amide bonds. The fraction of sp³-hybridized carbons (Fsp3) is 0.545. The van der Waals surface area contributed by atoms with Crippen LogP contribution in [0, 0.1) is 5.92 Å². The molecule has 0 radical (unpaired) electrons. The molecule has 1 aromatic heterocycles. The van der Waals surface area contributed by atoms with Crippen LogP contribution in [0.5, 0.6) is 0 Å². The van der Waals surface area contributed by atoms with Gasteiger partial charge in [0.25, 0.3) is 0 Å². The first kappa shape index (κ1) is 11.9. The van der Waals surface area contributed by atoms with Gasteiger partial charge < -0.3 is 15.8 Å². The summed E-state index contributed by atoms with van der Waals surface area (Å²) in [5, 5.41) is 3.37. The normalized spacial score (nSPS) is 35.2. The molecule has 6 heteroatoms. The second kappa shape index (κ2) is 4.50. The van der Waals surface area contributed by atoms with E-state index in [1.165, 1.54) is 0 Å². The Hall–Kier alpha value is -0.170. The second-order valence-corrected chi connectivity index (χ2v) is 6.29. The third kappa shape index (κ3) is 2.01. The van der Waals surface area contributed by atoms with Gasteiger partial charge in [-0.15, -0.1) is 0 Å². The zero-order valence-corrected chi connectivity index (χ0v) is 12.2. The Kier molecular flexibility index (Phi) is 3.15. The third-order valence-corrected chi connectivity index (χ3v) is 4.60. The Balaban J connectivity index is 1.75. The first-order valence-corrected chi connectivity index (χ1v) is 7.20.